The maximum absolute atomic E-state index is 10.7. The van der Waals surface area contributed by atoms with Crippen molar-refractivity contribution in [1.29, 1.82) is 0 Å². The zero-order chi connectivity index (χ0) is 9.68. The van der Waals surface area contributed by atoms with Gasteiger partial charge in [-0.1, -0.05) is 6.92 Å². The maximum atomic E-state index is 10.7. The molecule has 0 spiro atoms. The van der Waals surface area contributed by atoms with Crippen LogP contribution in [0.25, 0.3) is 0 Å². The summed E-state index contributed by atoms with van der Waals surface area (Å²) in [6.45, 7) is 2.53. The Morgan fingerprint density at radius 3 is 3.15 bits per heavy atom. The second-order valence-corrected chi connectivity index (χ2v) is 3.55. The molecule has 0 saturated heterocycles. The highest BCUT2D eigenvalue weighted by Gasteiger charge is 2.08. The summed E-state index contributed by atoms with van der Waals surface area (Å²) in [4.78, 5) is 14.9. The summed E-state index contributed by atoms with van der Waals surface area (Å²) in [6, 6.07) is -0.372. The van der Waals surface area contributed by atoms with Crippen molar-refractivity contribution < 1.29 is 4.79 Å². The first-order chi connectivity index (χ1) is 6.24. The average Bonchev–Trinajstić information content (AvgIpc) is 2.66. The van der Waals surface area contributed by atoms with Crippen molar-refractivity contribution in [2.45, 2.75) is 12.8 Å². The van der Waals surface area contributed by atoms with Crippen LogP contribution in [-0.4, -0.2) is 17.6 Å². The lowest BCUT2D eigenvalue weighted by atomic mass is 10.2. The molecule has 0 saturated carbocycles. The van der Waals surface area contributed by atoms with Gasteiger partial charge in [0.1, 0.15) is 0 Å². The van der Waals surface area contributed by atoms with E-state index in [1.807, 2.05) is 17.7 Å². The molecule has 1 atom stereocenters. The second-order valence-electron chi connectivity index (χ2n) is 2.63. The summed E-state index contributed by atoms with van der Waals surface area (Å²) >= 11 is 1.58. The molecule has 13 heavy (non-hydrogen) atoms. The van der Waals surface area contributed by atoms with Crippen LogP contribution >= 0.6 is 11.3 Å². The molecular weight excluding hydrogens is 188 g/mol. The minimum atomic E-state index is -0.372. The van der Waals surface area contributed by atoms with Crippen molar-refractivity contribution in [2.24, 2.45) is 5.84 Å². The van der Waals surface area contributed by atoms with E-state index in [-0.39, 0.29) is 11.9 Å². The van der Waals surface area contributed by atoms with Crippen LogP contribution in [-0.2, 0) is 0 Å². The summed E-state index contributed by atoms with van der Waals surface area (Å²) in [5.41, 5.74) is 2.00. The summed E-state index contributed by atoms with van der Waals surface area (Å²) in [5.74, 6) is 5.12. The third-order valence-electron chi connectivity index (χ3n) is 1.57. The van der Waals surface area contributed by atoms with Crippen LogP contribution in [0.2, 0.25) is 0 Å². The zero-order valence-electron chi connectivity index (χ0n) is 7.28. The fraction of sp³-hybridized carbons (Fsp3) is 0.429. The lowest BCUT2D eigenvalue weighted by molar-refractivity contribution is 0.240. The normalized spacial score (nSPS) is 12.2. The fourth-order valence-corrected chi connectivity index (χ4v) is 1.56. The zero-order valence-corrected chi connectivity index (χ0v) is 8.10. The van der Waals surface area contributed by atoms with E-state index in [2.05, 4.69) is 10.3 Å². The Labute approximate surface area is 80.3 Å². The van der Waals surface area contributed by atoms with Gasteiger partial charge in [0, 0.05) is 24.0 Å². The Bertz CT molecular complexity index is 261. The highest BCUT2D eigenvalue weighted by atomic mass is 32.1. The van der Waals surface area contributed by atoms with Gasteiger partial charge in [0.15, 0.2) is 0 Å². The van der Waals surface area contributed by atoms with E-state index in [1.54, 1.807) is 17.5 Å². The molecule has 72 valence electrons. The number of hydrazine groups is 1. The topological polar surface area (TPSA) is 80.0 Å². The van der Waals surface area contributed by atoms with Gasteiger partial charge in [-0.2, -0.15) is 0 Å². The summed E-state index contributed by atoms with van der Waals surface area (Å²) < 4.78 is 0. The minimum absolute atomic E-state index is 0.220. The van der Waals surface area contributed by atoms with E-state index in [0.717, 1.165) is 5.01 Å². The third-order valence-corrected chi connectivity index (χ3v) is 2.58. The number of carbonyl (C=O) groups excluding carboxylic acids is 1. The summed E-state index contributed by atoms with van der Waals surface area (Å²) in [7, 11) is 0. The van der Waals surface area contributed by atoms with E-state index < -0.39 is 0 Å². The molecule has 4 N–H and O–H groups in total. The summed E-state index contributed by atoms with van der Waals surface area (Å²) in [5, 5.41) is 5.53. The number of aromatic nitrogens is 1. The van der Waals surface area contributed by atoms with Crippen molar-refractivity contribution in [2.75, 3.05) is 6.54 Å². The maximum Gasteiger partial charge on any atom is 0.328 e. The number of urea groups is 1. The van der Waals surface area contributed by atoms with E-state index in [0.29, 0.717) is 6.54 Å². The summed E-state index contributed by atoms with van der Waals surface area (Å²) in [6.07, 6.45) is 1.75. The molecule has 1 heterocycles. The lowest BCUT2D eigenvalue weighted by Gasteiger charge is -2.08. The van der Waals surface area contributed by atoms with Gasteiger partial charge in [-0.3, -0.25) is 5.43 Å². The molecule has 1 aromatic rings. The van der Waals surface area contributed by atoms with Crippen molar-refractivity contribution in [3.63, 3.8) is 0 Å². The Morgan fingerprint density at radius 1 is 1.85 bits per heavy atom. The first kappa shape index (κ1) is 9.94. The van der Waals surface area contributed by atoms with E-state index in [1.165, 1.54) is 0 Å². The molecule has 0 aliphatic rings. The first-order valence-corrected chi connectivity index (χ1v) is 4.76. The van der Waals surface area contributed by atoms with Crippen LogP contribution in [0.1, 0.15) is 17.8 Å². The van der Waals surface area contributed by atoms with Crippen LogP contribution in [0.15, 0.2) is 11.6 Å². The Morgan fingerprint density at radius 2 is 2.62 bits per heavy atom. The Balaban J connectivity index is 2.34. The van der Waals surface area contributed by atoms with Gasteiger partial charge in [0.2, 0.25) is 0 Å². The molecule has 0 aromatic carbocycles. The molecule has 6 heteroatoms. The van der Waals surface area contributed by atoms with Crippen molar-refractivity contribution in [1.82, 2.24) is 15.7 Å². The van der Waals surface area contributed by atoms with Gasteiger partial charge in [-0.05, 0) is 0 Å². The average molecular weight is 200 g/mol. The van der Waals surface area contributed by atoms with Crippen LogP contribution in [0.4, 0.5) is 4.79 Å². The fourth-order valence-electron chi connectivity index (χ4n) is 0.862. The van der Waals surface area contributed by atoms with Crippen LogP contribution in [0.3, 0.4) is 0 Å². The molecule has 1 rings (SSSR count). The van der Waals surface area contributed by atoms with E-state index in [9.17, 15) is 4.79 Å². The predicted molar refractivity (Wildman–Crippen MR) is 51.3 cm³/mol. The predicted octanol–water partition coefficient (Wildman–Crippen LogP) is 0.420. The van der Waals surface area contributed by atoms with E-state index in [4.69, 9.17) is 5.84 Å². The molecule has 0 fully saturated rings. The first-order valence-electron chi connectivity index (χ1n) is 3.88. The molecule has 0 aliphatic carbocycles. The van der Waals surface area contributed by atoms with Crippen LogP contribution < -0.4 is 16.6 Å². The quantitative estimate of drug-likeness (QED) is 0.376. The van der Waals surface area contributed by atoms with Gasteiger partial charge in [0.05, 0.1) is 5.01 Å². The molecule has 0 radical (unpaired) electrons. The molecular formula is C7H12N4OS. The Kier molecular flexibility index (Phi) is 3.66. The number of nitrogens with zero attached hydrogens (tertiary/aromatic N) is 1. The van der Waals surface area contributed by atoms with Crippen LogP contribution in [0, 0.1) is 0 Å². The number of carbonyl (C=O) groups is 1. The van der Waals surface area contributed by atoms with Gasteiger partial charge in [-0.25, -0.2) is 15.6 Å². The van der Waals surface area contributed by atoms with Gasteiger partial charge >= 0.3 is 6.03 Å². The third kappa shape index (κ3) is 3.00. The molecule has 2 amide bonds. The number of nitrogens with one attached hydrogen (secondary N) is 2. The molecule has 5 nitrogen and oxygen atoms in total. The van der Waals surface area contributed by atoms with E-state index >= 15 is 0 Å². The lowest BCUT2D eigenvalue weighted by Crippen LogP contribution is -2.41. The van der Waals surface area contributed by atoms with Gasteiger partial charge in [-0.15, -0.1) is 11.3 Å². The van der Waals surface area contributed by atoms with Crippen LogP contribution in [0.5, 0.6) is 0 Å². The number of thiazole rings is 1. The SMILES string of the molecule is CC(CNC(=O)NN)c1nccs1. The monoisotopic (exact) mass is 200 g/mol. The van der Waals surface area contributed by atoms with Crippen molar-refractivity contribution in [3.05, 3.63) is 16.6 Å². The van der Waals surface area contributed by atoms with Gasteiger partial charge in [0.25, 0.3) is 0 Å². The Hall–Kier alpha value is -1.14. The second kappa shape index (κ2) is 4.78. The smallest absolute Gasteiger partial charge is 0.328 e. The molecule has 1 aromatic heterocycles. The van der Waals surface area contributed by atoms with Crippen molar-refractivity contribution in [3.8, 4) is 0 Å². The number of hydrogen-bond donors (Lipinski definition) is 3. The molecule has 0 bridgehead atoms. The highest BCUT2D eigenvalue weighted by Crippen LogP contribution is 2.15. The highest BCUT2D eigenvalue weighted by molar-refractivity contribution is 7.09. The number of amides is 2. The molecule has 1 unspecified atom stereocenters. The number of nitrogens with two attached hydrogens (primary N) is 1. The number of hydrogen-bond acceptors (Lipinski definition) is 4. The largest absolute Gasteiger partial charge is 0.336 e. The van der Waals surface area contributed by atoms with Gasteiger partial charge < -0.3 is 5.32 Å². The standard InChI is InChI=1S/C7H12N4OS/c1-5(4-10-7(12)11-8)6-9-2-3-13-6/h2-3,5H,4,8H2,1H3,(H2,10,11,12). The minimum Gasteiger partial charge on any atom is -0.336 e. The molecule has 0 aliphatic heterocycles. The number of rotatable bonds is 3. The van der Waals surface area contributed by atoms with Crippen molar-refractivity contribution >= 4 is 17.4 Å².